The number of methoxy groups -OCH3 is 2. The summed E-state index contributed by atoms with van der Waals surface area (Å²) in [5.74, 6) is 2.24. The van der Waals surface area contributed by atoms with Crippen molar-refractivity contribution in [1.82, 2.24) is 9.88 Å². The molecule has 2 heterocycles. The summed E-state index contributed by atoms with van der Waals surface area (Å²) < 4.78 is 10.7. The number of thioether (sulfide) groups is 1. The standard InChI is InChI=1S/C30H38N2O5S/c1-36-23-5-3-6-25(18-23)38-16-4-14-32-15-12-21(22(20-32)17-30(34)35)7-10-29(33)26-11-13-31-28-9-8-24(37-2)19-27(26)28/h3,5-6,8-9,11,13,18-19,21-22,29,33H,4,7,10,12,14-17,20H2,1-2H3,(H,34,35)/t21-,22+,29?/m1/s1. The van der Waals surface area contributed by atoms with Gasteiger partial charge in [0.05, 0.1) is 25.8 Å². The first kappa shape index (κ1) is 28.2. The van der Waals surface area contributed by atoms with Gasteiger partial charge in [-0.2, -0.15) is 0 Å². The third-order valence-electron chi connectivity index (χ3n) is 7.49. The molecule has 7 nitrogen and oxygen atoms in total. The van der Waals surface area contributed by atoms with Gasteiger partial charge >= 0.3 is 5.97 Å². The molecule has 0 bridgehead atoms. The Balaban J connectivity index is 1.30. The average Bonchev–Trinajstić information content (AvgIpc) is 2.93. The molecular formula is C30H38N2O5S. The lowest BCUT2D eigenvalue weighted by Crippen LogP contribution is -2.42. The second-order valence-corrected chi connectivity index (χ2v) is 11.1. The molecule has 8 heteroatoms. The molecular weight excluding hydrogens is 500 g/mol. The Morgan fingerprint density at radius 3 is 2.74 bits per heavy atom. The normalized spacial score (nSPS) is 18.8. The van der Waals surface area contributed by atoms with Gasteiger partial charge in [-0.25, -0.2) is 0 Å². The minimum absolute atomic E-state index is 0.0914. The molecule has 204 valence electrons. The van der Waals surface area contributed by atoms with E-state index in [1.807, 2.05) is 48.2 Å². The van der Waals surface area contributed by atoms with Crippen molar-refractivity contribution in [2.75, 3.05) is 39.6 Å². The molecule has 3 aromatic rings. The minimum Gasteiger partial charge on any atom is -0.497 e. The quantitative estimate of drug-likeness (QED) is 0.213. The van der Waals surface area contributed by atoms with Gasteiger partial charge in [-0.1, -0.05) is 6.07 Å². The number of carboxylic acid groups (broad SMARTS) is 1. The van der Waals surface area contributed by atoms with Crippen LogP contribution in [0.3, 0.4) is 0 Å². The first-order chi connectivity index (χ1) is 18.5. The van der Waals surface area contributed by atoms with E-state index in [4.69, 9.17) is 9.47 Å². The monoisotopic (exact) mass is 538 g/mol. The first-order valence-corrected chi connectivity index (χ1v) is 14.3. The van der Waals surface area contributed by atoms with Crippen LogP contribution in [0.5, 0.6) is 11.5 Å². The van der Waals surface area contributed by atoms with Crippen molar-refractivity contribution in [3.05, 3.63) is 60.3 Å². The summed E-state index contributed by atoms with van der Waals surface area (Å²) in [6.45, 7) is 2.73. The van der Waals surface area contributed by atoms with E-state index in [1.54, 1.807) is 20.4 Å². The molecule has 1 aliphatic heterocycles. The van der Waals surface area contributed by atoms with Crippen LogP contribution in [0, 0.1) is 11.8 Å². The van der Waals surface area contributed by atoms with Gasteiger partial charge in [-0.3, -0.25) is 9.78 Å². The number of nitrogens with zero attached hydrogens (tertiary/aromatic N) is 2. The van der Waals surface area contributed by atoms with Crippen LogP contribution in [0.1, 0.15) is 43.8 Å². The molecule has 2 N–H and O–H groups in total. The molecule has 0 saturated carbocycles. The Morgan fingerprint density at radius 2 is 1.95 bits per heavy atom. The highest BCUT2D eigenvalue weighted by Gasteiger charge is 2.31. The van der Waals surface area contributed by atoms with Gasteiger partial charge in [0.1, 0.15) is 11.5 Å². The molecule has 0 amide bonds. The lowest BCUT2D eigenvalue weighted by Gasteiger charge is -2.38. The highest BCUT2D eigenvalue weighted by molar-refractivity contribution is 7.99. The number of aliphatic carboxylic acids is 1. The van der Waals surface area contributed by atoms with Gasteiger partial charge in [0.15, 0.2) is 0 Å². The number of aromatic nitrogens is 1. The van der Waals surface area contributed by atoms with Crippen molar-refractivity contribution in [1.29, 1.82) is 0 Å². The number of hydrogen-bond acceptors (Lipinski definition) is 7. The molecule has 2 aromatic carbocycles. The predicted octanol–water partition coefficient (Wildman–Crippen LogP) is 5.66. The summed E-state index contributed by atoms with van der Waals surface area (Å²) in [5, 5.41) is 21.6. The van der Waals surface area contributed by atoms with Crippen LogP contribution in [-0.2, 0) is 4.79 Å². The van der Waals surface area contributed by atoms with Crippen LogP contribution in [0.2, 0.25) is 0 Å². The lowest BCUT2D eigenvalue weighted by atomic mass is 9.79. The smallest absolute Gasteiger partial charge is 0.303 e. The number of rotatable bonds is 13. The van der Waals surface area contributed by atoms with E-state index in [2.05, 4.69) is 22.0 Å². The number of fused-ring (bicyclic) bond motifs is 1. The van der Waals surface area contributed by atoms with Gasteiger partial charge < -0.3 is 24.6 Å². The number of hydrogen-bond donors (Lipinski definition) is 2. The van der Waals surface area contributed by atoms with Gasteiger partial charge in [0.25, 0.3) is 0 Å². The number of carboxylic acids is 1. The van der Waals surface area contributed by atoms with Gasteiger partial charge in [0.2, 0.25) is 0 Å². The zero-order chi connectivity index (χ0) is 26.9. The second-order valence-electron chi connectivity index (χ2n) is 9.96. The van der Waals surface area contributed by atoms with Gasteiger partial charge in [-0.05, 0) is 104 Å². The van der Waals surface area contributed by atoms with E-state index >= 15 is 0 Å². The highest BCUT2D eigenvalue weighted by atomic mass is 32.2. The van der Waals surface area contributed by atoms with Crippen LogP contribution >= 0.6 is 11.8 Å². The van der Waals surface area contributed by atoms with Crippen molar-refractivity contribution >= 4 is 28.6 Å². The summed E-state index contributed by atoms with van der Waals surface area (Å²) in [5.41, 5.74) is 1.67. The van der Waals surface area contributed by atoms with Gasteiger partial charge in [-0.15, -0.1) is 11.8 Å². The van der Waals surface area contributed by atoms with Crippen LogP contribution in [-0.4, -0.2) is 65.7 Å². The molecule has 0 spiro atoms. The Morgan fingerprint density at radius 1 is 1.13 bits per heavy atom. The van der Waals surface area contributed by atoms with E-state index in [9.17, 15) is 15.0 Å². The summed E-state index contributed by atoms with van der Waals surface area (Å²) in [6, 6.07) is 15.7. The average molecular weight is 539 g/mol. The molecule has 1 aliphatic rings. The molecule has 1 unspecified atom stereocenters. The maximum Gasteiger partial charge on any atom is 0.303 e. The van der Waals surface area contributed by atoms with Gasteiger partial charge in [0, 0.05) is 29.4 Å². The summed E-state index contributed by atoms with van der Waals surface area (Å²) in [6.07, 6.45) is 4.66. The van der Waals surface area contributed by atoms with Crippen molar-refractivity contribution in [3.63, 3.8) is 0 Å². The molecule has 1 aromatic heterocycles. The third kappa shape index (κ3) is 7.62. The van der Waals surface area contributed by atoms with Crippen LogP contribution in [0.4, 0.5) is 0 Å². The largest absolute Gasteiger partial charge is 0.497 e. The van der Waals surface area contributed by atoms with Crippen molar-refractivity contribution < 1.29 is 24.5 Å². The zero-order valence-electron chi connectivity index (χ0n) is 22.2. The molecule has 3 atom stereocenters. The fraction of sp³-hybridized carbons (Fsp3) is 0.467. The number of ether oxygens (including phenoxy) is 2. The van der Waals surface area contributed by atoms with E-state index in [-0.39, 0.29) is 18.3 Å². The van der Waals surface area contributed by atoms with Crippen molar-refractivity contribution in [3.8, 4) is 11.5 Å². The Kier molecular flexibility index (Phi) is 10.3. The Hall–Kier alpha value is -2.81. The number of benzene rings is 2. The molecule has 0 radical (unpaired) electrons. The van der Waals surface area contributed by atoms with E-state index < -0.39 is 12.1 Å². The topological polar surface area (TPSA) is 92.1 Å². The number of aliphatic hydroxyl groups is 1. The van der Waals surface area contributed by atoms with E-state index in [0.717, 1.165) is 72.6 Å². The van der Waals surface area contributed by atoms with Crippen molar-refractivity contribution in [2.24, 2.45) is 11.8 Å². The molecule has 38 heavy (non-hydrogen) atoms. The number of carbonyl (C=O) groups is 1. The zero-order valence-corrected chi connectivity index (χ0v) is 23.0. The summed E-state index contributed by atoms with van der Waals surface area (Å²) in [7, 11) is 3.31. The maximum absolute atomic E-state index is 11.7. The number of aliphatic hydroxyl groups excluding tert-OH is 1. The minimum atomic E-state index is -0.747. The SMILES string of the molecule is COc1cccc(SCCCN2CC[C@@H](CCC(O)c3ccnc4ccc(OC)cc34)[C@@H](CC(=O)O)C2)c1. The predicted molar refractivity (Wildman–Crippen MR) is 151 cm³/mol. The fourth-order valence-electron chi connectivity index (χ4n) is 5.46. The Labute approximate surface area is 229 Å². The molecule has 1 saturated heterocycles. The number of piperidine rings is 1. The Bertz CT molecular complexity index is 1210. The molecule has 4 rings (SSSR count). The lowest BCUT2D eigenvalue weighted by molar-refractivity contribution is -0.139. The summed E-state index contributed by atoms with van der Waals surface area (Å²) in [4.78, 5) is 19.7. The number of likely N-dealkylation sites (tertiary alicyclic amines) is 1. The number of pyridine rings is 1. The fourth-order valence-corrected chi connectivity index (χ4v) is 6.34. The molecule has 0 aliphatic carbocycles. The molecule has 1 fully saturated rings. The summed E-state index contributed by atoms with van der Waals surface area (Å²) >= 11 is 1.82. The maximum atomic E-state index is 11.7. The first-order valence-electron chi connectivity index (χ1n) is 13.3. The van der Waals surface area contributed by atoms with E-state index in [1.165, 1.54) is 4.90 Å². The van der Waals surface area contributed by atoms with Crippen LogP contribution in [0.15, 0.2) is 59.6 Å². The van der Waals surface area contributed by atoms with Crippen LogP contribution in [0.25, 0.3) is 10.9 Å². The van der Waals surface area contributed by atoms with Crippen LogP contribution < -0.4 is 9.47 Å². The van der Waals surface area contributed by atoms with E-state index in [0.29, 0.717) is 6.42 Å². The highest BCUT2D eigenvalue weighted by Crippen LogP contribution is 2.35. The van der Waals surface area contributed by atoms with Crippen molar-refractivity contribution in [2.45, 2.75) is 43.1 Å². The third-order valence-corrected chi connectivity index (χ3v) is 8.57. The second kappa shape index (κ2) is 13.8.